The molecule has 0 bridgehead atoms. The second-order valence-electron chi connectivity index (χ2n) is 2.28. The Hall–Kier alpha value is -0.830. The Morgan fingerprint density at radius 3 is 2.83 bits per heavy atom. The minimum Gasteiger partial charge on any atom is -0.241 e. The molecule has 0 atom stereocenters. The van der Waals surface area contributed by atoms with Gasteiger partial charge in [0.15, 0.2) is 0 Å². The van der Waals surface area contributed by atoms with Crippen LogP contribution in [-0.4, -0.2) is 21.5 Å². The third-order valence-electron chi connectivity index (χ3n) is 1.32. The van der Waals surface area contributed by atoms with E-state index in [1.807, 2.05) is 23.9 Å². The second-order valence-corrected chi connectivity index (χ2v) is 3.43. The van der Waals surface area contributed by atoms with Crippen molar-refractivity contribution in [3.8, 4) is 0 Å². The lowest BCUT2D eigenvalue weighted by Gasteiger charge is -1.96. The summed E-state index contributed by atoms with van der Waals surface area (Å²) in [7, 11) is 0. The van der Waals surface area contributed by atoms with Crippen molar-refractivity contribution in [1.29, 1.82) is 0 Å². The van der Waals surface area contributed by atoms with Gasteiger partial charge in [0.25, 0.3) is 0 Å². The molecule has 0 unspecified atom stereocenters. The number of hydrogen-bond donors (Lipinski definition) is 0. The highest BCUT2D eigenvalue weighted by Crippen LogP contribution is 2.02. The van der Waals surface area contributed by atoms with E-state index < -0.39 is 0 Å². The number of hydrogen-bond acceptors (Lipinski definition) is 3. The third kappa shape index (κ3) is 3.53. The van der Waals surface area contributed by atoms with Gasteiger partial charge in [-0.15, -0.1) is 6.58 Å². The molecule has 0 saturated carbocycles. The number of aromatic nitrogens is 2. The average molecular weight is 180 g/mol. The van der Waals surface area contributed by atoms with E-state index in [4.69, 9.17) is 0 Å². The standard InChI is InChI=1S/C9H12N2S/c1-2-7-12-8-4-9-10-5-3-6-11-9/h2-3,5-6H,1,4,7-8H2. The quantitative estimate of drug-likeness (QED) is 0.511. The van der Waals surface area contributed by atoms with E-state index in [9.17, 15) is 0 Å². The Labute approximate surface area is 77.1 Å². The highest BCUT2D eigenvalue weighted by molar-refractivity contribution is 7.99. The van der Waals surface area contributed by atoms with Gasteiger partial charge in [-0.1, -0.05) is 6.08 Å². The van der Waals surface area contributed by atoms with E-state index in [-0.39, 0.29) is 0 Å². The number of aryl methyl sites for hydroxylation is 1. The molecule has 3 heteroatoms. The summed E-state index contributed by atoms with van der Waals surface area (Å²) in [6.45, 7) is 3.65. The van der Waals surface area contributed by atoms with Crippen molar-refractivity contribution in [3.05, 3.63) is 36.9 Å². The summed E-state index contributed by atoms with van der Waals surface area (Å²) in [5, 5.41) is 0. The Kier molecular flexibility index (Phi) is 4.46. The average Bonchev–Trinajstić information content (AvgIpc) is 2.14. The summed E-state index contributed by atoms with van der Waals surface area (Å²) in [6.07, 6.45) is 6.41. The maximum Gasteiger partial charge on any atom is 0.129 e. The zero-order valence-corrected chi connectivity index (χ0v) is 7.76. The van der Waals surface area contributed by atoms with Gasteiger partial charge in [-0.05, 0) is 6.07 Å². The van der Waals surface area contributed by atoms with Gasteiger partial charge in [-0.25, -0.2) is 9.97 Å². The molecule has 0 radical (unpaired) electrons. The molecule has 0 aromatic carbocycles. The molecule has 0 aliphatic rings. The Morgan fingerprint density at radius 2 is 2.17 bits per heavy atom. The fraction of sp³-hybridized carbons (Fsp3) is 0.333. The molecule has 1 aromatic rings. The van der Waals surface area contributed by atoms with Crippen LogP contribution in [0.2, 0.25) is 0 Å². The molecule has 0 aliphatic heterocycles. The molecule has 12 heavy (non-hydrogen) atoms. The Balaban J connectivity index is 2.20. The fourth-order valence-electron chi connectivity index (χ4n) is 0.789. The van der Waals surface area contributed by atoms with Gasteiger partial charge < -0.3 is 0 Å². The summed E-state index contributed by atoms with van der Waals surface area (Å²) < 4.78 is 0. The van der Waals surface area contributed by atoms with Gasteiger partial charge >= 0.3 is 0 Å². The summed E-state index contributed by atoms with van der Waals surface area (Å²) in [6, 6.07) is 1.83. The van der Waals surface area contributed by atoms with Gasteiger partial charge in [0.2, 0.25) is 0 Å². The predicted octanol–water partition coefficient (Wildman–Crippen LogP) is 1.94. The summed E-state index contributed by atoms with van der Waals surface area (Å²) in [5.74, 6) is 3.00. The van der Waals surface area contributed by atoms with E-state index in [2.05, 4.69) is 16.5 Å². The van der Waals surface area contributed by atoms with Crippen molar-refractivity contribution in [2.24, 2.45) is 0 Å². The molecule has 1 rings (SSSR count). The third-order valence-corrected chi connectivity index (χ3v) is 2.29. The number of thioether (sulfide) groups is 1. The lowest BCUT2D eigenvalue weighted by atomic mass is 10.4. The lowest BCUT2D eigenvalue weighted by molar-refractivity contribution is 0.947. The highest BCUT2D eigenvalue weighted by Gasteiger charge is 1.92. The van der Waals surface area contributed by atoms with Crippen LogP contribution in [-0.2, 0) is 6.42 Å². The fourth-order valence-corrected chi connectivity index (χ4v) is 1.45. The maximum absolute atomic E-state index is 4.13. The largest absolute Gasteiger partial charge is 0.241 e. The van der Waals surface area contributed by atoms with Crippen LogP contribution in [0.4, 0.5) is 0 Å². The van der Waals surface area contributed by atoms with Crippen LogP contribution in [0, 0.1) is 0 Å². The predicted molar refractivity (Wildman–Crippen MR) is 53.3 cm³/mol. The normalized spacial score (nSPS) is 9.67. The monoisotopic (exact) mass is 180 g/mol. The van der Waals surface area contributed by atoms with Crippen molar-refractivity contribution < 1.29 is 0 Å². The number of nitrogens with zero attached hydrogens (tertiary/aromatic N) is 2. The van der Waals surface area contributed by atoms with Crippen LogP contribution < -0.4 is 0 Å². The summed E-state index contributed by atoms with van der Waals surface area (Å²) in [4.78, 5) is 8.25. The van der Waals surface area contributed by atoms with E-state index in [0.29, 0.717) is 0 Å². The zero-order valence-electron chi connectivity index (χ0n) is 6.94. The van der Waals surface area contributed by atoms with Gasteiger partial charge in [-0.3, -0.25) is 0 Å². The van der Waals surface area contributed by atoms with Crippen molar-refractivity contribution in [2.75, 3.05) is 11.5 Å². The molecule has 64 valence electrons. The Bertz CT molecular complexity index is 223. The molecular formula is C9H12N2S. The van der Waals surface area contributed by atoms with Crippen LogP contribution in [0.25, 0.3) is 0 Å². The molecular weight excluding hydrogens is 168 g/mol. The van der Waals surface area contributed by atoms with Crippen molar-refractivity contribution >= 4 is 11.8 Å². The molecule has 0 fully saturated rings. The lowest BCUT2D eigenvalue weighted by Crippen LogP contribution is -1.95. The van der Waals surface area contributed by atoms with Crippen LogP contribution >= 0.6 is 11.8 Å². The van der Waals surface area contributed by atoms with Crippen LogP contribution in [0.15, 0.2) is 31.1 Å². The van der Waals surface area contributed by atoms with Gasteiger partial charge in [0.1, 0.15) is 5.82 Å². The number of rotatable bonds is 5. The first kappa shape index (κ1) is 9.26. The van der Waals surface area contributed by atoms with E-state index in [1.54, 1.807) is 12.4 Å². The smallest absolute Gasteiger partial charge is 0.129 e. The van der Waals surface area contributed by atoms with E-state index in [0.717, 1.165) is 23.8 Å². The zero-order chi connectivity index (χ0) is 8.65. The van der Waals surface area contributed by atoms with Crippen molar-refractivity contribution in [2.45, 2.75) is 6.42 Å². The molecule has 0 spiro atoms. The summed E-state index contributed by atoms with van der Waals surface area (Å²) in [5.41, 5.74) is 0. The first-order valence-corrected chi connectivity index (χ1v) is 5.03. The maximum atomic E-state index is 4.13. The van der Waals surface area contributed by atoms with Crippen molar-refractivity contribution in [1.82, 2.24) is 9.97 Å². The van der Waals surface area contributed by atoms with E-state index in [1.165, 1.54) is 0 Å². The molecule has 0 aliphatic carbocycles. The van der Waals surface area contributed by atoms with Crippen LogP contribution in [0.3, 0.4) is 0 Å². The first-order valence-electron chi connectivity index (χ1n) is 3.88. The van der Waals surface area contributed by atoms with Gasteiger partial charge in [-0.2, -0.15) is 11.8 Å². The van der Waals surface area contributed by atoms with Gasteiger partial charge in [0.05, 0.1) is 0 Å². The molecule has 2 nitrogen and oxygen atoms in total. The van der Waals surface area contributed by atoms with Crippen molar-refractivity contribution in [3.63, 3.8) is 0 Å². The summed E-state index contributed by atoms with van der Waals surface area (Å²) >= 11 is 1.85. The molecule has 0 amide bonds. The van der Waals surface area contributed by atoms with E-state index >= 15 is 0 Å². The minimum absolute atomic E-state index is 0.925. The first-order chi connectivity index (χ1) is 5.93. The molecule has 0 saturated heterocycles. The SMILES string of the molecule is C=CCSCCc1ncccn1. The minimum atomic E-state index is 0.925. The van der Waals surface area contributed by atoms with Crippen LogP contribution in [0.5, 0.6) is 0 Å². The topological polar surface area (TPSA) is 25.8 Å². The Morgan fingerprint density at radius 1 is 1.42 bits per heavy atom. The molecule has 0 N–H and O–H groups in total. The molecule has 1 heterocycles. The second kappa shape index (κ2) is 5.77. The highest BCUT2D eigenvalue weighted by atomic mass is 32.2. The van der Waals surface area contributed by atoms with Crippen LogP contribution in [0.1, 0.15) is 5.82 Å². The molecule has 1 aromatic heterocycles. The van der Waals surface area contributed by atoms with Gasteiger partial charge in [0, 0.05) is 30.3 Å².